The molecule has 0 aromatic carbocycles. The highest BCUT2D eigenvalue weighted by Crippen LogP contribution is 2.58. The molecule has 0 aliphatic carbocycles. The third-order valence-corrected chi connectivity index (χ3v) is 7.80. The summed E-state index contributed by atoms with van der Waals surface area (Å²) in [6.07, 6.45) is 3.87. The minimum atomic E-state index is -1.98. The van der Waals surface area contributed by atoms with Crippen molar-refractivity contribution in [1.29, 1.82) is 0 Å². The average Bonchev–Trinajstić information content (AvgIpc) is 2.24. The second-order valence-corrected chi connectivity index (χ2v) is 10.3. The van der Waals surface area contributed by atoms with Crippen LogP contribution in [0.3, 0.4) is 0 Å². The monoisotopic (exact) mass is 282 g/mol. The van der Waals surface area contributed by atoms with E-state index in [4.69, 9.17) is 16.3 Å². The summed E-state index contributed by atoms with van der Waals surface area (Å²) in [6.45, 7) is 9.90. The van der Waals surface area contributed by atoms with Crippen LogP contribution in [0.4, 0.5) is 0 Å². The molecule has 0 fully saturated rings. The predicted octanol–water partition coefficient (Wildman–Crippen LogP) is 3.81. The Bertz CT molecular complexity index is 249. The molecule has 0 heterocycles. The molecule has 0 rings (SSSR count). The van der Waals surface area contributed by atoms with Crippen LogP contribution in [0.5, 0.6) is 0 Å². The zero-order valence-electron chi connectivity index (χ0n) is 10.6. The van der Waals surface area contributed by atoms with Gasteiger partial charge in [-0.05, 0) is 31.6 Å². The third kappa shape index (κ3) is 7.66. The average molecular weight is 282 g/mol. The van der Waals surface area contributed by atoms with E-state index in [1.807, 2.05) is 6.92 Å². The van der Waals surface area contributed by atoms with Crippen molar-refractivity contribution in [3.8, 4) is 0 Å². The van der Waals surface area contributed by atoms with E-state index in [1.54, 1.807) is 17.7 Å². The topological polar surface area (TPSA) is 33.6 Å². The molecule has 0 saturated carbocycles. The number of hydrogen-bond donors (Lipinski definition) is 1. The van der Waals surface area contributed by atoms with Gasteiger partial charge in [-0.2, -0.15) is 0 Å². The molecule has 0 spiro atoms. The van der Waals surface area contributed by atoms with Crippen molar-refractivity contribution >= 4 is 35.1 Å². The Morgan fingerprint density at radius 3 is 2.69 bits per heavy atom. The summed E-state index contributed by atoms with van der Waals surface area (Å²) in [5.41, 5.74) is -1.98. The Hall–Kier alpha value is 0.430. The number of nitrogens with one attached hydrogen (secondary N) is 1. The molecule has 0 aliphatic rings. The lowest BCUT2D eigenvalue weighted by Crippen LogP contribution is -2.10. The van der Waals surface area contributed by atoms with Gasteiger partial charge in [0.15, 0.2) is 0 Å². The van der Waals surface area contributed by atoms with E-state index in [0.29, 0.717) is 11.9 Å². The molecule has 0 bridgehead atoms. The Morgan fingerprint density at radius 1 is 1.50 bits per heavy atom. The lowest BCUT2D eigenvalue weighted by molar-refractivity contribution is 0.383. The van der Waals surface area contributed by atoms with E-state index in [2.05, 4.69) is 30.9 Å². The van der Waals surface area contributed by atoms with E-state index in [9.17, 15) is 0 Å². The molecular formula is C10H23N2OPS2. The molecule has 2 atom stereocenters. The minimum absolute atomic E-state index is 0.518. The zero-order valence-corrected chi connectivity index (χ0v) is 13.1. The highest BCUT2D eigenvalue weighted by molar-refractivity contribution is 8.69. The molecule has 16 heavy (non-hydrogen) atoms. The first-order valence-corrected chi connectivity index (χ1v) is 9.97. The first-order valence-electron chi connectivity index (χ1n) is 5.77. The molecule has 0 aromatic heterocycles. The number of hydrogen-bond acceptors (Lipinski definition) is 4. The maximum absolute atomic E-state index is 5.67. The van der Waals surface area contributed by atoms with Gasteiger partial charge in [0.1, 0.15) is 0 Å². The fourth-order valence-electron chi connectivity index (χ4n) is 0.885. The van der Waals surface area contributed by atoms with Crippen molar-refractivity contribution in [3.63, 3.8) is 0 Å². The van der Waals surface area contributed by atoms with Gasteiger partial charge in [0.25, 0.3) is 0 Å². The molecule has 0 radical (unpaired) electrons. The lowest BCUT2D eigenvalue weighted by Gasteiger charge is -2.23. The third-order valence-electron chi connectivity index (χ3n) is 1.85. The van der Waals surface area contributed by atoms with E-state index >= 15 is 0 Å². The van der Waals surface area contributed by atoms with E-state index in [-0.39, 0.29) is 0 Å². The number of nitrogens with zero attached hydrogens (tertiary/aromatic N) is 1. The normalized spacial score (nSPS) is 17.2. The summed E-state index contributed by atoms with van der Waals surface area (Å²) in [7, 11) is 0. The van der Waals surface area contributed by atoms with Gasteiger partial charge in [-0.25, -0.2) is 0 Å². The van der Waals surface area contributed by atoms with Gasteiger partial charge in [0, 0.05) is 11.8 Å². The zero-order chi connectivity index (χ0) is 12.4. The van der Waals surface area contributed by atoms with Crippen molar-refractivity contribution in [2.45, 2.75) is 45.8 Å². The maximum atomic E-state index is 5.67. The molecule has 96 valence electrons. The van der Waals surface area contributed by atoms with Gasteiger partial charge in [0.05, 0.1) is 12.9 Å². The first-order chi connectivity index (χ1) is 7.58. The summed E-state index contributed by atoms with van der Waals surface area (Å²) < 4.78 is 5.67. The molecule has 2 unspecified atom stereocenters. The van der Waals surface area contributed by atoms with Gasteiger partial charge >= 0.3 is 0 Å². The van der Waals surface area contributed by atoms with Crippen LogP contribution in [0.15, 0.2) is 4.99 Å². The smallest absolute Gasteiger partial charge is 0.211 e. The van der Waals surface area contributed by atoms with Crippen LogP contribution in [0.2, 0.25) is 0 Å². The van der Waals surface area contributed by atoms with Crippen LogP contribution in [0.1, 0.15) is 40.5 Å². The van der Waals surface area contributed by atoms with E-state index in [0.717, 1.165) is 19.4 Å². The van der Waals surface area contributed by atoms with Gasteiger partial charge < -0.3 is 9.61 Å². The van der Waals surface area contributed by atoms with Crippen LogP contribution in [0.25, 0.3) is 0 Å². The number of aliphatic imine (C=N–C) groups is 1. The van der Waals surface area contributed by atoms with Crippen molar-refractivity contribution < 1.29 is 4.52 Å². The largest absolute Gasteiger partial charge is 0.327 e. The number of rotatable bonds is 9. The van der Waals surface area contributed by atoms with Crippen LogP contribution >= 0.6 is 17.0 Å². The second-order valence-electron chi connectivity index (χ2n) is 3.40. The highest BCUT2D eigenvalue weighted by atomic mass is 32.9. The molecule has 6 heteroatoms. The predicted molar refractivity (Wildman–Crippen MR) is 80.0 cm³/mol. The van der Waals surface area contributed by atoms with Crippen molar-refractivity contribution in [2.24, 2.45) is 4.99 Å². The Balaban J connectivity index is 4.27. The van der Waals surface area contributed by atoms with Gasteiger partial charge in [-0.15, -0.1) is 0 Å². The van der Waals surface area contributed by atoms with Crippen LogP contribution in [-0.2, 0) is 16.3 Å². The fourth-order valence-corrected chi connectivity index (χ4v) is 6.74. The van der Waals surface area contributed by atoms with E-state index < -0.39 is 5.62 Å². The quantitative estimate of drug-likeness (QED) is 0.396. The Kier molecular flexibility index (Phi) is 9.71. The Labute approximate surface area is 109 Å². The molecule has 0 aliphatic heterocycles. The van der Waals surface area contributed by atoms with Crippen LogP contribution in [-0.4, -0.2) is 24.7 Å². The standard InChI is InChI=1S/C10H23N2OPS2/c1-5-8-11-9-12-14(15,13-7-3)16-10(4)6-2/h9-10H,5-8H2,1-4H3,(H,11,12,15). The minimum Gasteiger partial charge on any atom is -0.327 e. The molecule has 0 aromatic rings. The first kappa shape index (κ1) is 16.4. The second kappa shape index (κ2) is 9.46. The summed E-state index contributed by atoms with van der Waals surface area (Å²) in [5.74, 6) is 0. The summed E-state index contributed by atoms with van der Waals surface area (Å²) in [6, 6.07) is 0. The maximum Gasteiger partial charge on any atom is 0.211 e. The van der Waals surface area contributed by atoms with Crippen LogP contribution < -0.4 is 5.09 Å². The molecule has 0 saturated heterocycles. The van der Waals surface area contributed by atoms with Crippen molar-refractivity contribution in [1.82, 2.24) is 5.09 Å². The Morgan fingerprint density at radius 2 is 2.19 bits per heavy atom. The highest BCUT2D eigenvalue weighted by Gasteiger charge is 2.19. The van der Waals surface area contributed by atoms with Gasteiger partial charge in [-0.3, -0.25) is 4.99 Å². The fraction of sp³-hybridized carbons (Fsp3) is 0.900. The molecule has 3 nitrogen and oxygen atoms in total. The van der Waals surface area contributed by atoms with Crippen molar-refractivity contribution in [2.75, 3.05) is 13.2 Å². The summed E-state index contributed by atoms with van der Waals surface area (Å²) in [5, 5.41) is 3.69. The lowest BCUT2D eigenvalue weighted by atomic mass is 10.4. The van der Waals surface area contributed by atoms with E-state index in [1.165, 1.54) is 0 Å². The summed E-state index contributed by atoms with van der Waals surface area (Å²) >= 11 is 7.27. The SMILES string of the molecule is CCCN=CNP(=S)(OCC)SC(C)CC. The van der Waals surface area contributed by atoms with Gasteiger partial charge in [-0.1, -0.05) is 32.2 Å². The molecule has 0 amide bonds. The molecule has 1 N–H and O–H groups in total. The van der Waals surface area contributed by atoms with Crippen molar-refractivity contribution in [3.05, 3.63) is 0 Å². The summed E-state index contributed by atoms with van der Waals surface area (Å²) in [4.78, 5) is 4.22. The molecular weight excluding hydrogens is 259 g/mol. The van der Waals surface area contributed by atoms with Crippen LogP contribution in [0, 0.1) is 0 Å². The van der Waals surface area contributed by atoms with Gasteiger partial charge in [0.2, 0.25) is 5.62 Å².